The van der Waals surface area contributed by atoms with Crippen molar-refractivity contribution in [3.05, 3.63) is 47.5 Å². The highest BCUT2D eigenvalue weighted by molar-refractivity contribution is 6.05. The van der Waals surface area contributed by atoms with Crippen LogP contribution in [0.2, 0.25) is 0 Å². The van der Waals surface area contributed by atoms with Crippen molar-refractivity contribution in [3.63, 3.8) is 0 Å². The summed E-state index contributed by atoms with van der Waals surface area (Å²) in [6.07, 6.45) is 5.65. The van der Waals surface area contributed by atoms with Gasteiger partial charge in [0, 0.05) is 31.2 Å². The third kappa shape index (κ3) is 3.10. The van der Waals surface area contributed by atoms with E-state index in [9.17, 15) is 9.59 Å². The zero-order chi connectivity index (χ0) is 15.4. The molecule has 2 aromatic rings. The van der Waals surface area contributed by atoms with Crippen LogP contribution in [-0.4, -0.2) is 28.5 Å². The molecule has 0 aliphatic heterocycles. The molecular weight excluding hydrogens is 270 g/mol. The molecule has 2 aromatic heterocycles. The molecule has 0 aliphatic rings. The SMILES string of the molecule is CCc1cnccc1C(=O)Nc1cc(C(=O)OC)n(C)c1. The van der Waals surface area contributed by atoms with Gasteiger partial charge in [0.15, 0.2) is 0 Å². The number of nitrogens with one attached hydrogen (secondary N) is 1. The van der Waals surface area contributed by atoms with Gasteiger partial charge in [0.2, 0.25) is 0 Å². The molecule has 0 bridgehead atoms. The highest BCUT2D eigenvalue weighted by Crippen LogP contribution is 2.16. The van der Waals surface area contributed by atoms with Gasteiger partial charge >= 0.3 is 5.97 Å². The second-order valence-electron chi connectivity index (χ2n) is 4.56. The lowest BCUT2D eigenvalue weighted by Gasteiger charge is -2.06. The van der Waals surface area contributed by atoms with Gasteiger partial charge in [-0.3, -0.25) is 9.78 Å². The molecule has 1 amide bonds. The summed E-state index contributed by atoms with van der Waals surface area (Å²) >= 11 is 0. The van der Waals surface area contributed by atoms with Crippen molar-refractivity contribution < 1.29 is 14.3 Å². The van der Waals surface area contributed by atoms with E-state index < -0.39 is 5.97 Å². The molecule has 2 rings (SSSR count). The van der Waals surface area contributed by atoms with Crippen molar-refractivity contribution in [2.24, 2.45) is 7.05 Å². The Morgan fingerprint density at radius 2 is 2.19 bits per heavy atom. The molecule has 0 atom stereocenters. The fourth-order valence-electron chi connectivity index (χ4n) is 2.07. The molecule has 0 unspecified atom stereocenters. The summed E-state index contributed by atoms with van der Waals surface area (Å²) in [6, 6.07) is 3.26. The Kier molecular flexibility index (Phi) is 4.37. The van der Waals surface area contributed by atoms with Crippen molar-refractivity contribution >= 4 is 17.6 Å². The molecule has 0 aromatic carbocycles. The normalized spacial score (nSPS) is 10.2. The second-order valence-corrected chi connectivity index (χ2v) is 4.56. The third-order valence-electron chi connectivity index (χ3n) is 3.19. The molecule has 21 heavy (non-hydrogen) atoms. The average molecular weight is 287 g/mol. The largest absolute Gasteiger partial charge is 0.464 e. The van der Waals surface area contributed by atoms with Gasteiger partial charge in [-0.15, -0.1) is 0 Å². The number of amides is 1. The van der Waals surface area contributed by atoms with Crippen LogP contribution >= 0.6 is 0 Å². The number of carbonyl (C=O) groups is 2. The Labute approximate surface area is 122 Å². The van der Waals surface area contributed by atoms with Crippen molar-refractivity contribution in [2.45, 2.75) is 13.3 Å². The van der Waals surface area contributed by atoms with E-state index >= 15 is 0 Å². The maximum atomic E-state index is 12.3. The number of esters is 1. The fraction of sp³-hybridized carbons (Fsp3) is 0.267. The Morgan fingerprint density at radius 1 is 1.43 bits per heavy atom. The number of carbonyl (C=O) groups excluding carboxylic acids is 2. The van der Waals surface area contributed by atoms with E-state index in [0.29, 0.717) is 16.9 Å². The molecule has 0 aliphatic carbocycles. The predicted octanol–water partition coefficient (Wildman–Crippen LogP) is 2.02. The van der Waals surface area contributed by atoms with Crippen LogP contribution in [0.1, 0.15) is 33.3 Å². The molecule has 0 spiro atoms. The van der Waals surface area contributed by atoms with E-state index in [0.717, 1.165) is 12.0 Å². The van der Waals surface area contributed by atoms with Gasteiger partial charge in [0.05, 0.1) is 12.8 Å². The molecule has 6 nitrogen and oxygen atoms in total. The van der Waals surface area contributed by atoms with Crippen molar-refractivity contribution in [1.29, 1.82) is 0 Å². The summed E-state index contributed by atoms with van der Waals surface area (Å²) in [4.78, 5) is 27.8. The first kappa shape index (κ1) is 14.8. The predicted molar refractivity (Wildman–Crippen MR) is 78.3 cm³/mol. The van der Waals surface area contributed by atoms with Crippen LogP contribution in [0.15, 0.2) is 30.7 Å². The molecule has 110 valence electrons. The van der Waals surface area contributed by atoms with Crippen LogP contribution in [-0.2, 0) is 18.2 Å². The van der Waals surface area contributed by atoms with Crippen molar-refractivity contribution in [2.75, 3.05) is 12.4 Å². The van der Waals surface area contributed by atoms with Gasteiger partial charge in [-0.25, -0.2) is 4.79 Å². The zero-order valence-corrected chi connectivity index (χ0v) is 12.2. The first-order valence-corrected chi connectivity index (χ1v) is 6.55. The van der Waals surface area contributed by atoms with Crippen molar-refractivity contribution in [1.82, 2.24) is 9.55 Å². The summed E-state index contributed by atoms with van der Waals surface area (Å²) in [5.41, 5.74) is 2.37. The summed E-state index contributed by atoms with van der Waals surface area (Å²) in [7, 11) is 3.03. The summed E-state index contributed by atoms with van der Waals surface area (Å²) in [5, 5.41) is 2.78. The lowest BCUT2D eigenvalue weighted by Crippen LogP contribution is -2.14. The summed E-state index contributed by atoms with van der Waals surface area (Å²) in [5.74, 6) is -0.674. The van der Waals surface area contributed by atoms with Crippen LogP contribution in [0.3, 0.4) is 0 Å². The van der Waals surface area contributed by atoms with E-state index in [1.165, 1.54) is 7.11 Å². The van der Waals surface area contributed by atoms with Crippen LogP contribution in [0.25, 0.3) is 0 Å². The highest BCUT2D eigenvalue weighted by atomic mass is 16.5. The first-order chi connectivity index (χ1) is 10.1. The van der Waals surface area contributed by atoms with Gasteiger partial charge in [0.1, 0.15) is 5.69 Å². The Morgan fingerprint density at radius 3 is 2.86 bits per heavy atom. The Hall–Kier alpha value is -2.63. The summed E-state index contributed by atoms with van der Waals surface area (Å²) in [6.45, 7) is 1.96. The van der Waals surface area contributed by atoms with Crippen LogP contribution < -0.4 is 5.32 Å². The van der Waals surface area contributed by atoms with Crippen LogP contribution in [0.5, 0.6) is 0 Å². The standard InChI is InChI=1S/C15H17N3O3/c1-4-10-8-16-6-5-12(10)14(19)17-11-7-13(15(20)21-3)18(2)9-11/h5-9H,4H2,1-3H3,(H,17,19). The number of hydrogen-bond acceptors (Lipinski definition) is 4. The number of rotatable bonds is 4. The number of anilines is 1. The van der Waals surface area contributed by atoms with Gasteiger partial charge in [-0.2, -0.15) is 0 Å². The highest BCUT2D eigenvalue weighted by Gasteiger charge is 2.15. The molecule has 2 heterocycles. The monoisotopic (exact) mass is 287 g/mol. The number of pyridine rings is 1. The van der Waals surface area contributed by atoms with Crippen molar-refractivity contribution in [3.8, 4) is 0 Å². The van der Waals surface area contributed by atoms with E-state index in [1.54, 1.807) is 42.3 Å². The van der Waals surface area contributed by atoms with Gasteiger partial charge in [-0.1, -0.05) is 6.92 Å². The molecular formula is C15H17N3O3. The number of aromatic nitrogens is 2. The maximum Gasteiger partial charge on any atom is 0.354 e. The van der Waals surface area contributed by atoms with Gasteiger partial charge < -0.3 is 14.6 Å². The quantitative estimate of drug-likeness (QED) is 0.873. The molecule has 0 radical (unpaired) electrons. The van der Waals surface area contributed by atoms with E-state index in [2.05, 4.69) is 15.0 Å². The second kappa shape index (κ2) is 6.21. The number of methoxy groups -OCH3 is 1. The number of ether oxygens (including phenoxy) is 1. The first-order valence-electron chi connectivity index (χ1n) is 6.55. The molecule has 0 saturated heterocycles. The van der Waals surface area contributed by atoms with Gasteiger partial charge in [0.25, 0.3) is 5.91 Å². The maximum absolute atomic E-state index is 12.3. The third-order valence-corrected chi connectivity index (χ3v) is 3.19. The Balaban J connectivity index is 2.22. The minimum atomic E-state index is -0.448. The van der Waals surface area contributed by atoms with Gasteiger partial charge in [-0.05, 0) is 24.1 Å². The lowest BCUT2D eigenvalue weighted by atomic mass is 10.1. The van der Waals surface area contributed by atoms with E-state index in [1.807, 2.05) is 6.92 Å². The molecule has 0 fully saturated rings. The number of aryl methyl sites for hydroxylation is 2. The number of nitrogens with zero attached hydrogens (tertiary/aromatic N) is 2. The van der Waals surface area contributed by atoms with E-state index in [4.69, 9.17) is 0 Å². The zero-order valence-electron chi connectivity index (χ0n) is 12.2. The lowest BCUT2D eigenvalue weighted by molar-refractivity contribution is 0.0590. The fourth-order valence-corrected chi connectivity index (χ4v) is 2.07. The minimum Gasteiger partial charge on any atom is -0.464 e. The van der Waals surface area contributed by atoms with E-state index in [-0.39, 0.29) is 5.91 Å². The van der Waals surface area contributed by atoms with Crippen LogP contribution in [0, 0.1) is 0 Å². The average Bonchev–Trinajstić information content (AvgIpc) is 2.86. The topological polar surface area (TPSA) is 73.2 Å². The molecule has 6 heteroatoms. The summed E-state index contributed by atoms with van der Waals surface area (Å²) < 4.78 is 6.28. The minimum absolute atomic E-state index is 0.226. The number of hydrogen-bond donors (Lipinski definition) is 1. The molecule has 1 N–H and O–H groups in total. The van der Waals surface area contributed by atoms with Crippen LogP contribution in [0.4, 0.5) is 5.69 Å². The smallest absolute Gasteiger partial charge is 0.354 e. The molecule has 0 saturated carbocycles. The Bertz CT molecular complexity index is 677.